The van der Waals surface area contributed by atoms with Gasteiger partial charge in [-0.3, -0.25) is 4.79 Å². The fourth-order valence-corrected chi connectivity index (χ4v) is 7.50. The summed E-state index contributed by atoms with van der Waals surface area (Å²) in [5.74, 6) is 0.931. The van der Waals surface area contributed by atoms with Gasteiger partial charge >= 0.3 is 5.97 Å². The van der Waals surface area contributed by atoms with Crippen LogP contribution >= 0.6 is 0 Å². The Morgan fingerprint density at radius 2 is 1.94 bits per heavy atom. The van der Waals surface area contributed by atoms with Gasteiger partial charge in [0.05, 0.1) is 25.3 Å². The first-order valence-corrected chi connectivity index (χ1v) is 13.1. The minimum atomic E-state index is -0.497. The molecule has 4 saturated carbocycles. The summed E-state index contributed by atoms with van der Waals surface area (Å²) in [7, 11) is 1.45. The zero-order valence-electron chi connectivity index (χ0n) is 20.4. The van der Waals surface area contributed by atoms with Crippen LogP contribution in [-0.2, 0) is 19.1 Å². The number of carbonyl (C=O) groups excluding carboxylic acids is 2. The predicted molar refractivity (Wildman–Crippen MR) is 124 cm³/mol. The van der Waals surface area contributed by atoms with E-state index in [-0.39, 0.29) is 35.6 Å². The number of hydrogen-bond acceptors (Lipinski definition) is 6. The lowest BCUT2D eigenvalue weighted by atomic mass is 9.51. The molecule has 7 nitrogen and oxygen atoms in total. The van der Waals surface area contributed by atoms with Gasteiger partial charge in [0.2, 0.25) is 5.91 Å². The first kappa shape index (κ1) is 24.5. The lowest BCUT2D eigenvalue weighted by Gasteiger charge is -2.62. The Hall–Kier alpha value is -1.65. The third-order valence-electron chi connectivity index (χ3n) is 8.52. The number of hydrogen-bond donors (Lipinski definition) is 1. The smallest absolute Gasteiger partial charge is 0.334 e. The highest BCUT2D eigenvalue weighted by Gasteiger charge is 2.59. The van der Waals surface area contributed by atoms with Crippen LogP contribution in [0.3, 0.4) is 0 Å². The van der Waals surface area contributed by atoms with Gasteiger partial charge in [0, 0.05) is 12.1 Å². The van der Waals surface area contributed by atoms with Gasteiger partial charge in [0.1, 0.15) is 6.04 Å². The van der Waals surface area contributed by atoms with Crippen molar-refractivity contribution in [2.24, 2.45) is 11.8 Å². The van der Waals surface area contributed by atoms with Crippen LogP contribution < -0.4 is 5.32 Å². The van der Waals surface area contributed by atoms with E-state index in [0.29, 0.717) is 24.8 Å². The zero-order valence-corrected chi connectivity index (χ0v) is 20.4. The van der Waals surface area contributed by atoms with Gasteiger partial charge in [-0.05, 0) is 69.6 Å². The maximum Gasteiger partial charge on any atom is 0.334 e. The highest BCUT2D eigenvalue weighted by molar-refractivity contribution is 5.79. The maximum absolute atomic E-state index is 12.9. The second-order valence-electron chi connectivity index (χ2n) is 11.1. The standard InChI is InChI=1S/C26H41N3O4/c1-3-4-5-6-9-22(24(31)32-2)33-26-14-19-11-20(15-26)13-25(12-19,18-26)28-17-23(30)29-10-7-8-21(29)16-27/h19-22,28H,3-15,17-18H2,1-2H3/t19?,20?,21-,22?,25?,26?/m0/s1. The van der Waals surface area contributed by atoms with Gasteiger partial charge in [-0.25, -0.2) is 4.79 Å². The fourth-order valence-electron chi connectivity index (χ4n) is 7.50. The summed E-state index contributed by atoms with van der Waals surface area (Å²) < 4.78 is 11.8. The minimum absolute atomic E-state index is 0.0353. The summed E-state index contributed by atoms with van der Waals surface area (Å²) in [6, 6.07) is 1.99. The average molecular weight is 460 g/mol. The van der Waals surface area contributed by atoms with Gasteiger partial charge in [0.25, 0.3) is 0 Å². The number of nitrogens with one attached hydrogen (secondary N) is 1. The largest absolute Gasteiger partial charge is 0.467 e. The van der Waals surface area contributed by atoms with Crippen molar-refractivity contribution in [2.75, 3.05) is 20.2 Å². The summed E-state index contributed by atoms with van der Waals surface area (Å²) >= 11 is 0. The second-order valence-corrected chi connectivity index (χ2v) is 11.1. The maximum atomic E-state index is 12.9. The topological polar surface area (TPSA) is 91.7 Å². The van der Waals surface area contributed by atoms with Crippen LogP contribution in [-0.4, -0.2) is 60.3 Å². The molecule has 0 spiro atoms. The van der Waals surface area contributed by atoms with E-state index < -0.39 is 6.10 Å². The van der Waals surface area contributed by atoms with Crippen LogP contribution in [0.4, 0.5) is 0 Å². The molecule has 1 amide bonds. The molecule has 5 rings (SSSR count). The van der Waals surface area contributed by atoms with Gasteiger partial charge in [-0.15, -0.1) is 0 Å². The van der Waals surface area contributed by atoms with Crippen LogP contribution in [0.15, 0.2) is 0 Å². The SMILES string of the molecule is CCCCCCC(OC12CC3CC(CC(NCC(=O)N4CCC[C@H]4C#N)(C3)C1)C2)C(=O)OC. The molecular weight excluding hydrogens is 418 g/mol. The van der Waals surface area contributed by atoms with Crippen LogP contribution in [0.25, 0.3) is 0 Å². The second kappa shape index (κ2) is 10.3. The van der Waals surface area contributed by atoms with E-state index in [4.69, 9.17) is 9.47 Å². The molecule has 1 heterocycles. The van der Waals surface area contributed by atoms with Crippen molar-refractivity contribution in [3.05, 3.63) is 0 Å². The summed E-state index contributed by atoms with van der Waals surface area (Å²) in [4.78, 5) is 27.2. The number of ether oxygens (including phenoxy) is 2. The van der Waals surface area contributed by atoms with E-state index in [1.54, 1.807) is 4.90 Å². The van der Waals surface area contributed by atoms with Gasteiger partial charge < -0.3 is 19.7 Å². The highest BCUT2D eigenvalue weighted by Crippen LogP contribution is 2.59. The Balaban J connectivity index is 1.41. The molecule has 5 fully saturated rings. The van der Waals surface area contributed by atoms with Gasteiger partial charge in [-0.1, -0.05) is 32.6 Å². The van der Waals surface area contributed by atoms with Crippen molar-refractivity contribution >= 4 is 11.9 Å². The molecule has 184 valence electrons. The molecule has 4 bridgehead atoms. The van der Waals surface area contributed by atoms with E-state index in [2.05, 4.69) is 18.3 Å². The summed E-state index contributed by atoms with van der Waals surface area (Å²) in [5, 5.41) is 13.0. The number of likely N-dealkylation sites (tertiary alicyclic amines) is 1. The quantitative estimate of drug-likeness (QED) is 0.374. The fraction of sp³-hybridized carbons (Fsp3) is 0.885. The molecule has 1 saturated heterocycles. The third kappa shape index (κ3) is 5.38. The molecule has 4 aliphatic carbocycles. The van der Waals surface area contributed by atoms with Crippen molar-refractivity contribution < 1.29 is 19.1 Å². The van der Waals surface area contributed by atoms with Crippen molar-refractivity contribution in [3.63, 3.8) is 0 Å². The van der Waals surface area contributed by atoms with Crippen molar-refractivity contribution in [1.82, 2.24) is 10.2 Å². The molecular formula is C26H41N3O4. The minimum Gasteiger partial charge on any atom is -0.467 e. The molecule has 3 unspecified atom stereocenters. The molecule has 0 aromatic carbocycles. The summed E-state index contributed by atoms with van der Waals surface area (Å²) in [6.45, 7) is 3.15. The first-order chi connectivity index (χ1) is 15.9. The van der Waals surface area contributed by atoms with Crippen molar-refractivity contribution in [1.29, 1.82) is 5.26 Å². The van der Waals surface area contributed by atoms with E-state index >= 15 is 0 Å². The number of methoxy groups -OCH3 is 1. The molecule has 7 heteroatoms. The van der Waals surface area contributed by atoms with Crippen LogP contribution in [0.1, 0.15) is 90.4 Å². The number of esters is 1. The molecule has 5 aliphatic rings. The number of nitriles is 1. The van der Waals surface area contributed by atoms with Crippen LogP contribution in [0.5, 0.6) is 0 Å². The van der Waals surface area contributed by atoms with E-state index in [0.717, 1.165) is 64.2 Å². The van der Waals surface area contributed by atoms with Crippen LogP contribution in [0.2, 0.25) is 0 Å². The molecule has 0 radical (unpaired) electrons. The summed E-state index contributed by atoms with van der Waals surface area (Å²) in [5.41, 5.74) is -0.406. The average Bonchev–Trinajstić information content (AvgIpc) is 3.27. The Labute approximate surface area is 198 Å². The molecule has 33 heavy (non-hydrogen) atoms. The summed E-state index contributed by atoms with van der Waals surface area (Å²) in [6.07, 6.45) is 12.6. The first-order valence-electron chi connectivity index (χ1n) is 13.1. The Kier molecular flexibility index (Phi) is 7.65. The third-order valence-corrected chi connectivity index (χ3v) is 8.52. The monoisotopic (exact) mass is 459 g/mol. The predicted octanol–water partition coefficient (Wildman–Crippen LogP) is 3.71. The lowest BCUT2D eigenvalue weighted by molar-refractivity contribution is -0.210. The molecule has 1 N–H and O–H groups in total. The van der Waals surface area contributed by atoms with E-state index in [1.807, 2.05) is 0 Å². The van der Waals surface area contributed by atoms with E-state index in [1.165, 1.54) is 20.0 Å². The van der Waals surface area contributed by atoms with Crippen LogP contribution in [0, 0.1) is 23.2 Å². The molecule has 0 aromatic rings. The highest BCUT2D eigenvalue weighted by atomic mass is 16.6. The van der Waals surface area contributed by atoms with Crippen molar-refractivity contribution in [2.45, 2.75) is 114 Å². The number of unbranched alkanes of at least 4 members (excludes halogenated alkanes) is 3. The van der Waals surface area contributed by atoms with Gasteiger partial charge in [-0.2, -0.15) is 5.26 Å². The molecule has 4 atom stereocenters. The molecule has 0 aromatic heterocycles. The Morgan fingerprint density at radius 3 is 2.61 bits per heavy atom. The number of amides is 1. The number of rotatable bonds is 11. The normalized spacial score (nSPS) is 35.4. The molecule has 1 aliphatic heterocycles. The number of carbonyl (C=O) groups is 2. The Morgan fingerprint density at radius 1 is 1.18 bits per heavy atom. The van der Waals surface area contributed by atoms with Crippen molar-refractivity contribution in [3.8, 4) is 6.07 Å². The lowest BCUT2D eigenvalue weighted by Crippen LogP contribution is -2.66. The zero-order chi connectivity index (χ0) is 23.5. The Bertz CT molecular complexity index is 749. The number of nitrogens with zero attached hydrogens (tertiary/aromatic N) is 2. The van der Waals surface area contributed by atoms with E-state index in [9.17, 15) is 14.9 Å². The van der Waals surface area contributed by atoms with Gasteiger partial charge in [0.15, 0.2) is 6.10 Å².